The number of nitrogens with zero attached hydrogens (tertiary/aromatic N) is 1. The summed E-state index contributed by atoms with van der Waals surface area (Å²) >= 11 is 6.10. The molecule has 0 fully saturated rings. The van der Waals surface area contributed by atoms with Gasteiger partial charge >= 0.3 is 0 Å². The minimum absolute atomic E-state index is 0.0129. The number of fused-ring (bicyclic) bond motifs is 1. The van der Waals surface area contributed by atoms with Crippen molar-refractivity contribution in [2.45, 2.75) is 67.5 Å². The summed E-state index contributed by atoms with van der Waals surface area (Å²) in [7, 11) is 0. The summed E-state index contributed by atoms with van der Waals surface area (Å²) in [5.41, 5.74) is 9.25. The van der Waals surface area contributed by atoms with E-state index in [0.29, 0.717) is 6.42 Å². The molecule has 27 heavy (non-hydrogen) atoms. The molecule has 2 aromatic carbocycles. The van der Waals surface area contributed by atoms with Crippen LogP contribution in [0.4, 0.5) is 0 Å². The van der Waals surface area contributed by atoms with Crippen LogP contribution in [0.5, 0.6) is 0 Å². The lowest BCUT2D eigenvalue weighted by Crippen LogP contribution is -2.29. The third-order valence-electron chi connectivity index (χ3n) is 5.62. The first-order valence-corrected chi connectivity index (χ1v) is 10.2. The maximum Gasteiger partial charge on any atom is 0.223 e. The van der Waals surface area contributed by atoms with Crippen molar-refractivity contribution in [2.24, 2.45) is 5.41 Å². The van der Waals surface area contributed by atoms with Gasteiger partial charge in [-0.3, -0.25) is 4.79 Å². The lowest BCUT2D eigenvalue weighted by atomic mass is 9.85. The average Bonchev–Trinajstić information content (AvgIpc) is 3.03. The van der Waals surface area contributed by atoms with Crippen molar-refractivity contribution in [2.75, 3.05) is 0 Å². The van der Waals surface area contributed by atoms with E-state index in [1.807, 2.05) is 17.0 Å². The first kappa shape index (κ1) is 19.9. The van der Waals surface area contributed by atoms with E-state index < -0.39 is 0 Å². The molecule has 0 spiro atoms. The van der Waals surface area contributed by atoms with E-state index in [2.05, 4.69) is 53.7 Å². The number of hydrogen-bond acceptors (Lipinski definition) is 1. The highest BCUT2D eigenvalue weighted by atomic mass is 35.5. The van der Waals surface area contributed by atoms with Gasteiger partial charge in [0.25, 0.3) is 0 Å². The Hall–Kier alpha value is -1.80. The Morgan fingerprint density at radius 3 is 2.11 bits per heavy atom. The smallest absolute Gasteiger partial charge is 0.223 e. The van der Waals surface area contributed by atoms with Crippen molar-refractivity contribution in [3.63, 3.8) is 0 Å². The quantitative estimate of drug-likeness (QED) is 0.595. The Labute approximate surface area is 168 Å². The fourth-order valence-electron chi connectivity index (χ4n) is 4.26. The zero-order valence-corrected chi connectivity index (χ0v) is 18.1. The second-order valence-electron chi connectivity index (χ2n) is 8.91. The summed E-state index contributed by atoms with van der Waals surface area (Å²) < 4.78 is 0. The van der Waals surface area contributed by atoms with Crippen LogP contribution in [0.2, 0.25) is 5.02 Å². The largest absolute Gasteiger partial charge is 0.334 e. The van der Waals surface area contributed by atoms with Gasteiger partial charge < -0.3 is 4.90 Å². The maximum absolute atomic E-state index is 12.8. The minimum Gasteiger partial charge on any atom is -0.334 e. The molecule has 144 valence electrons. The molecule has 0 atom stereocenters. The molecule has 2 aromatic rings. The first-order chi connectivity index (χ1) is 12.6. The highest BCUT2D eigenvalue weighted by Gasteiger charge is 2.31. The molecule has 1 aliphatic rings. The third-order valence-corrected chi connectivity index (χ3v) is 5.87. The molecule has 0 saturated heterocycles. The topological polar surface area (TPSA) is 20.3 Å². The Bertz CT molecular complexity index is 875. The summed E-state index contributed by atoms with van der Waals surface area (Å²) in [5.74, 6) is 0.253. The molecule has 0 radical (unpaired) electrons. The van der Waals surface area contributed by atoms with Crippen LogP contribution in [-0.2, 0) is 24.3 Å². The first-order valence-electron chi connectivity index (χ1n) is 9.80. The molecule has 1 amide bonds. The van der Waals surface area contributed by atoms with Crippen molar-refractivity contribution in [3.8, 4) is 11.1 Å². The van der Waals surface area contributed by atoms with Crippen LogP contribution in [-0.4, -0.2) is 10.8 Å². The molecule has 0 aromatic heterocycles. The molecule has 3 rings (SSSR count). The van der Waals surface area contributed by atoms with Crippen molar-refractivity contribution < 1.29 is 4.79 Å². The second-order valence-corrected chi connectivity index (χ2v) is 9.34. The van der Waals surface area contributed by atoms with Gasteiger partial charge in [0, 0.05) is 24.5 Å². The Kier molecular flexibility index (Phi) is 5.40. The summed E-state index contributed by atoms with van der Waals surface area (Å²) in [6.45, 7) is 14.5. The van der Waals surface area contributed by atoms with Crippen LogP contribution < -0.4 is 0 Å². The van der Waals surface area contributed by atoms with Crippen LogP contribution in [0.25, 0.3) is 11.1 Å². The number of halogens is 1. The number of benzene rings is 2. The van der Waals surface area contributed by atoms with Crippen molar-refractivity contribution in [1.29, 1.82) is 0 Å². The van der Waals surface area contributed by atoms with Gasteiger partial charge in [-0.05, 0) is 76.8 Å². The van der Waals surface area contributed by atoms with Gasteiger partial charge in [0.05, 0.1) is 0 Å². The summed E-state index contributed by atoms with van der Waals surface area (Å²) in [5, 5.41) is 0.756. The number of carbonyl (C=O) groups is 1. The van der Waals surface area contributed by atoms with Crippen LogP contribution in [0.3, 0.4) is 0 Å². The lowest BCUT2D eigenvalue weighted by Gasteiger charge is -2.22. The molecule has 0 aliphatic carbocycles. The summed E-state index contributed by atoms with van der Waals surface area (Å²) in [6.07, 6.45) is 1.57. The lowest BCUT2D eigenvalue weighted by molar-refractivity contribution is -0.133. The predicted molar refractivity (Wildman–Crippen MR) is 114 cm³/mol. The summed E-state index contributed by atoms with van der Waals surface area (Å²) in [4.78, 5) is 14.8. The Morgan fingerprint density at radius 1 is 1.04 bits per heavy atom. The van der Waals surface area contributed by atoms with Gasteiger partial charge in [-0.1, -0.05) is 51.4 Å². The monoisotopic (exact) mass is 383 g/mol. The van der Waals surface area contributed by atoms with Gasteiger partial charge in [-0.15, -0.1) is 0 Å². The zero-order valence-electron chi connectivity index (χ0n) is 17.4. The van der Waals surface area contributed by atoms with Crippen LogP contribution in [0, 0.1) is 19.3 Å². The normalized spacial score (nSPS) is 13.8. The molecule has 3 heteroatoms. The third kappa shape index (κ3) is 3.91. The van der Waals surface area contributed by atoms with E-state index in [1.165, 1.54) is 38.9 Å². The molecule has 1 heterocycles. The predicted octanol–water partition coefficient (Wildman–Crippen LogP) is 6.46. The standard InChI is InChI=1S/C24H30ClNO/c1-7-19-15(2)20-13-26(22(27)12-24(4,5)6)14-21(20)16(3)23(19)17-8-10-18(25)11-9-17/h8-11H,7,12-14H2,1-6H3. The number of rotatable bonds is 3. The van der Waals surface area contributed by atoms with Crippen LogP contribution >= 0.6 is 11.6 Å². The van der Waals surface area contributed by atoms with Crippen molar-refractivity contribution in [1.82, 2.24) is 4.90 Å². The number of carbonyl (C=O) groups excluding carboxylic acids is 1. The van der Waals surface area contributed by atoms with E-state index in [1.54, 1.807) is 0 Å². The minimum atomic E-state index is 0.0129. The molecule has 0 N–H and O–H groups in total. The van der Waals surface area contributed by atoms with Gasteiger partial charge in [-0.25, -0.2) is 0 Å². The Balaban J connectivity index is 2.05. The number of amides is 1. The van der Waals surface area contributed by atoms with Gasteiger partial charge in [-0.2, -0.15) is 0 Å². The molecule has 1 aliphatic heterocycles. The van der Waals surface area contributed by atoms with Gasteiger partial charge in [0.2, 0.25) is 5.91 Å². The SMILES string of the molecule is CCc1c(C)c2c(c(C)c1-c1ccc(Cl)cc1)CN(C(=O)CC(C)(C)C)C2. The Morgan fingerprint density at radius 2 is 1.59 bits per heavy atom. The van der Waals surface area contributed by atoms with Crippen LogP contribution in [0.1, 0.15) is 61.9 Å². The molecule has 0 bridgehead atoms. The number of hydrogen-bond donors (Lipinski definition) is 0. The maximum atomic E-state index is 12.8. The van der Waals surface area contributed by atoms with E-state index in [9.17, 15) is 4.79 Å². The van der Waals surface area contributed by atoms with Crippen LogP contribution in [0.15, 0.2) is 24.3 Å². The zero-order chi connectivity index (χ0) is 19.9. The average molecular weight is 384 g/mol. The van der Waals surface area contributed by atoms with Gasteiger partial charge in [0.15, 0.2) is 0 Å². The second kappa shape index (κ2) is 7.31. The van der Waals surface area contributed by atoms with Gasteiger partial charge in [0.1, 0.15) is 0 Å². The molecule has 2 nitrogen and oxygen atoms in total. The highest BCUT2D eigenvalue weighted by molar-refractivity contribution is 6.30. The highest BCUT2D eigenvalue weighted by Crippen LogP contribution is 2.40. The molecule has 0 saturated carbocycles. The van der Waals surface area contributed by atoms with Crippen molar-refractivity contribution in [3.05, 3.63) is 57.1 Å². The van der Waals surface area contributed by atoms with E-state index in [4.69, 9.17) is 11.6 Å². The van der Waals surface area contributed by atoms with E-state index in [0.717, 1.165) is 24.5 Å². The molecular formula is C24H30ClNO. The van der Waals surface area contributed by atoms with E-state index >= 15 is 0 Å². The fraction of sp³-hybridized carbons (Fsp3) is 0.458. The summed E-state index contributed by atoms with van der Waals surface area (Å²) in [6, 6.07) is 8.12. The molecular weight excluding hydrogens is 354 g/mol. The van der Waals surface area contributed by atoms with E-state index in [-0.39, 0.29) is 11.3 Å². The fourth-order valence-corrected chi connectivity index (χ4v) is 4.38. The molecule has 0 unspecified atom stereocenters. The van der Waals surface area contributed by atoms with Crippen molar-refractivity contribution >= 4 is 17.5 Å².